The van der Waals surface area contributed by atoms with E-state index in [1.54, 1.807) is 18.2 Å². The Balaban J connectivity index is 1.92. The van der Waals surface area contributed by atoms with Gasteiger partial charge in [0.15, 0.2) is 11.6 Å². The van der Waals surface area contributed by atoms with E-state index in [0.29, 0.717) is 30.4 Å². The van der Waals surface area contributed by atoms with Crippen molar-refractivity contribution < 1.29 is 26.7 Å². The molecule has 3 rings (SSSR count). The third-order valence-electron chi connectivity index (χ3n) is 5.02. The van der Waals surface area contributed by atoms with E-state index in [-0.39, 0.29) is 25.8 Å². The minimum absolute atomic E-state index is 0.0726. The molecule has 2 aromatic rings. The number of sulfonamides is 1. The maximum Gasteiger partial charge on any atom is 0.246 e. The molecule has 2 aromatic carbocycles. The van der Waals surface area contributed by atoms with Gasteiger partial charge in [0.05, 0.1) is 6.61 Å². The molecule has 152 valence electrons. The van der Waals surface area contributed by atoms with E-state index in [9.17, 15) is 26.7 Å². The molecule has 1 N–H and O–H groups in total. The first-order chi connectivity index (χ1) is 13.2. The molecule has 4 nitrogen and oxygen atoms in total. The quantitative estimate of drug-likeness (QED) is 0.730. The Morgan fingerprint density at radius 1 is 1.11 bits per heavy atom. The lowest BCUT2D eigenvalue weighted by molar-refractivity contribution is 0.0644. The Kier molecular flexibility index (Phi) is 6.05. The van der Waals surface area contributed by atoms with Gasteiger partial charge >= 0.3 is 0 Å². The zero-order chi connectivity index (χ0) is 20.5. The van der Waals surface area contributed by atoms with E-state index in [4.69, 9.17) is 11.6 Å². The second kappa shape index (κ2) is 8.02. The molecule has 0 aromatic heterocycles. The fourth-order valence-electron chi connectivity index (χ4n) is 3.62. The van der Waals surface area contributed by atoms with E-state index < -0.39 is 37.8 Å². The largest absolute Gasteiger partial charge is 0.396 e. The first-order valence-electron chi connectivity index (χ1n) is 8.67. The van der Waals surface area contributed by atoms with E-state index >= 15 is 0 Å². The van der Waals surface area contributed by atoms with E-state index in [1.165, 1.54) is 0 Å². The third kappa shape index (κ3) is 4.20. The zero-order valence-electron chi connectivity index (χ0n) is 14.8. The maximum absolute atomic E-state index is 14.1. The Morgan fingerprint density at radius 3 is 2.50 bits per heavy atom. The molecule has 1 aliphatic heterocycles. The van der Waals surface area contributed by atoms with Crippen LogP contribution in [-0.2, 0) is 16.4 Å². The van der Waals surface area contributed by atoms with Crippen molar-refractivity contribution in [1.82, 2.24) is 4.31 Å². The first-order valence-corrected chi connectivity index (χ1v) is 10.5. The van der Waals surface area contributed by atoms with Crippen LogP contribution in [0.4, 0.5) is 13.2 Å². The van der Waals surface area contributed by atoms with E-state index in [1.807, 2.05) is 6.07 Å². The minimum Gasteiger partial charge on any atom is -0.396 e. The molecule has 9 heteroatoms. The van der Waals surface area contributed by atoms with Gasteiger partial charge in [0.25, 0.3) is 0 Å². The summed E-state index contributed by atoms with van der Waals surface area (Å²) >= 11 is 6.00. The molecule has 1 fully saturated rings. The van der Waals surface area contributed by atoms with Gasteiger partial charge in [-0.2, -0.15) is 4.31 Å². The number of hydrogen-bond acceptors (Lipinski definition) is 3. The van der Waals surface area contributed by atoms with Crippen molar-refractivity contribution in [1.29, 1.82) is 0 Å². The van der Waals surface area contributed by atoms with Crippen LogP contribution in [0.2, 0.25) is 5.02 Å². The van der Waals surface area contributed by atoms with Gasteiger partial charge in [-0.05, 0) is 43.0 Å². The van der Waals surface area contributed by atoms with Crippen LogP contribution in [0, 0.1) is 22.9 Å². The summed E-state index contributed by atoms with van der Waals surface area (Å²) < 4.78 is 67.5. The summed E-state index contributed by atoms with van der Waals surface area (Å²) in [5.41, 5.74) is 0.0465. The number of piperidine rings is 1. The first kappa shape index (κ1) is 21.1. The van der Waals surface area contributed by atoms with Gasteiger partial charge in [-0.15, -0.1) is 0 Å². The summed E-state index contributed by atoms with van der Waals surface area (Å²) in [7, 11) is -4.40. The number of aliphatic hydroxyl groups is 1. The number of aliphatic hydroxyl groups excluding tert-OH is 1. The van der Waals surface area contributed by atoms with Crippen LogP contribution in [0.3, 0.4) is 0 Å². The van der Waals surface area contributed by atoms with Crippen LogP contribution in [0.25, 0.3) is 0 Å². The summed E-state index contributed by atoms with van der Waals surface area (Å²) in [5, 5.41) is 10.5. The Labute approximate surface area is 166 Å². The predicted octanol–water partition coefficient (Wildman–Crippen LogP) is 3.76. The number of benzene rings is 2. The second-order valence-electron chi connectivity index (χ2n) is 7.10. The van der Waals surface area contributed by atoms with Crippen molar-refractivity contribution in [3.05, 3.63) is 64.4 Å². The van der Waals surface area contributed by atoms with E-state index in [2.05, 4.69) is 0 Å². The number of rotatable bonds is 5. The number of hydrogen-bond donors (Lipinski definition) is 1. The van der Waals surface area contributed by atoms with Crippen molar-refractivity contribution in [3.8, 4) is 0 Å². The summed E-state index contributed by atoms with van der Waals surface area (Å²) in [5.74, 6) is -4.25. The minimum atomic E-state index is -4.40. The maximum atomic E-state index is 14.1. The number of nitrogens with zero attached hydrogens (tertiary/aromatic N) is 1. The molecule has 0 spiro atoms. The standard InChI is InChI=1S/C19H19ClF3NO3S/c20-14-4-1-3-13(7-14)10-19(12-25)5-2-6-24(11-19)28(26,27)18-9-16(22)15(21)8-17(18)23/h1,3-4,7-9,25H,2,5-6,10-12H2. The summed E-state index contributed by atoms with van der Waals surface area (Å²) in [6, 6.07) is 7.60. The Morgan fingerprint density at radius 2 is 1.82 bits per heavy atom. The topological polar surface area (TPSA) is 57.6 Å². The van der Waals surface area contributed by atoms with Crippen molar-refractivity contribution >= 4 is 21.6 Å². The van der Waals surface area contributed by atoms with Gasteiger partial charge in [0, 0.05) is 29.6 Å². The number of halogens is 4. The highest BCUT2D eigenvalue weighted by Gasteiger charge is 2.41. The summed E-state index contributed by atoms with van der Waals surface area (Å²) in [6.07, 6.45) is 1.37. The molecule has 0 aliphatic carbocycles. The van der Waals surface area contributed by atoms with Crippen LogP contribution >= 0.6 is 11.6 Å². The monoisotopic (exact) mass is 433 g/mol. The Hall–Kier alpha value is -1.61. The van der Waals surface area contributed by atoms with Crippen molar-refractivity contribution in [3.63, 3.8) is 0 Å². The van der Waals surface area contributed by atoms with Crippen molar-refractivity contribution in [2.75, 3.05) is 19.7 Å². The third-order valence-corrected chi connectivity index (χ3v) is 7.12. The molecular weight excluding hydrogens is 415 g/mol. The van der Waals surface area contributed by atoms with Gasteiger partial charge in [-0.3, -0.25) is 0 Å². The summed E-state index contributed by atoms with van der Waals surface area (Å²) in [4.78, 5) is -0.914. The van der Waals surface area contributed by atoms with Crippen molar-refractivity contribution in [2.24, 2.45) is 5.41 Å². The smallest absolute Gasteiger partial charge is 0.246 e. The lowest BCUT2D eigenvalue weighted by Crippen LogP contribution is -2.49. The fraction of sp³-hybridized carbons (Fsp3) is 0.368. The molecule has 0 amide bonds. The second-order valence-corrected chi connectivity index (χ2v) is 9.45. The molecule has 1 unspecified atom stereocenters. The average molecular weight is 434 g/mol. The zero-order valence-corrected chi connectivity index (χ0v) is 16.4. The molecule has 28 heavy (non-hydrogen) atoms. The van der Waals surface area contributed by atoms with Gasteiger partial charge in [-0.1, -0.05) is 23.7 Å². The van der Waals surface area contributed by atoms with Crippen LogP contribution in [0.15, 0.2) is 41.3 Å². The van der Waals surface area contributed by atoms with E-state index in [0.717, 1.165) is 9.87 Å². The lowest BCUT2D eigenvalue weighted by atomic mass is 9.76. The lowest BCUT2D eigenvalue weighted by Gasteiger charge is -2.41. The molecule has 0 saturated carbocycles. The van der Waals surface area contributed by atoms with Gasteiger partial charge < -0.3 is 5.11 Å². The summed E-state index contributed by atoms with van der Waals surface area (Å²) in [6.45, 7) is -0.263. The van der Waals surface area contributed by atoms with Crippen LogP contribution in [0.5, 0.6) is 0 Å². The fourth-order valence-corrected chi connectivity index (χ4v) is 5.48. The van der Waals surface area contributed by atoms with Crippen LogP contribution in [-0.4, -0.2) is 37.5 Å². The molecular formula is C19H19ClF3NO3S. The van der Waals surface area contributed by atoms with Crippen LogP contribution < -0.4 is 0 Å². The highest BCUT2D eigenvalue weighted by atomic mass is 35.5. The predicted molar refractivity (Wildman–Crippen MR) is 99.0 cm³/mol. The van der Waals surface area contributed by atoms with Crippen LogP contribution in [0.1, 0.15) is 18.4 Å². The molecule has 1 heterocycles. The highest BCUT2D eigenvalue weighted by Crippen LogP contribution is 2.36. The van der Waals surface area contributed by atoms with Gasteiger partial charge in [-0.25, -0.2) is 21.6 Å². The van der Waals surface area contributed by atoms with Gasteiger partial charge in [0.2, 0.25) is 10.0 Å². The molecule has 1 atom stereocenters. The molecule has 0 bridgehead atoms. The Bertz CT molecular complexity index is 986. The van der Waals surface area contributed by atoms with Crippen molar-refractivity contribution in [2.45, 2.75) is 24.2 Å². The highest BCUT2D eigenvalue weighted by molar-refractivity contribution is 7.89. The molecule has 1 aliphatic rings. The average Bonchev–Trinajstić information content (AvgIpc) is 2.64. The SMILES string of the molecule is O=S(=O)(c1cc(F)c(F)cc1F)N1CCCC(CO)(Cc2cccc(Cl)c2)C1. The van der Waals surface area contributed by atoms with Gasteiger partial charge in [0.1, 0.15) is 10.7 Å². The normalized spacial score (nSPS) is 21.0. The molecule has 0 radical (unpaired) electrons. The molecule has 1 saturated heterocycles.